The molecule has 0 aliphatic heterocycles. The van der Waals surface area contributed by atoms with Crippen molar-refractivity contribution in [3.63, 3.8) is 0 Å². The Morgan fingerprint density at radius 3 is 2.42 bits per heavy atom. The van der Waals surface area contributed by atoms with Crippen molar-refractivity contribution in [2.75, 3.05) is 22.9 Å². The number of aliphatic hydroxyl groups is 2. The average Bonchev–Trinajstić information content (AvgIpc) is 2.37. The number of nitrogens with zero attached hydrogens (tertiary/aromatic N) is 3. The third-order valence-electron chi connectivity index (χ3n) is 2.13. The number of para-hydroxylation sites is 1. The molecule has 8 heteroatoms. The summed E-state index contributed by atoms with van der Waals surface area (Å²) in [6.07, 6.45) is -1.50. The molecular formula is C11H14N6O2. The maximum absolute atomic E-state index is 8.76. The van der Waals surface area contributed by atoms with Crippen molar-refractivity contribution in [3.05, 3.63) is 30.3 Å². The van der Waals surface area contributed by atoms with Crippen molar-refractivity contribution < 1.29 is 10.2 Å². The van der Waals surface area contributed by atoms with Crippen LogP contribution in [0.3, 0.4) is 0 Å². The fraction of sp³-hybridized carbons (Fsp3) is 0.182. The van der Waals surface area contributed by atoms with E-state index in [9.17, 15) is 0 Å². The summed E-state index contributed by atoms with van der Waals surface area (Å²) < 4.78 is 0. The minimum Gasteiger partial charge on any atom is -0.368 e. The van der Waals surface area contributed by atoms with Crippen molar-refractivity contribution in [2.24, 2.45) is 0 Å². The van der Waals surface area contributed by atoms with E-state index in [0.717, 1.165) is 5.69 Å². The number of hydrogen-bond donors (Lipinski definition) is 5. The standard InChI is InChI=1S/C11H14N6O2/c12-9-15-10(13-6-8(18)19)17-11(16-9)14-7-4-2-1-3-5-7/h1-5,8,18-19H,6H2,(H4,12,13,14,15,16,17). The van der Waals surface area contributed by atoms with Gasteiger partial charge < -0.3 is 26.6 Å². The van der Waals surface area contributed by atoms with E-state index in [4.69, 9.17) is 15.9 Å². The second-order valence-corrected chi connectivity index (χ2v) is 3.69. The summed E-state index contributed by atoms with van der Waals surface area (Å²) in [6, 6.07) is 9.33. The number of benzene rings is 1. The fourth-order valence-electron chi connectivity index (χ4n) is 1.36. The predicted octanol–water partition coefficient (Wildman–Crippen LogP) is -0.0800. The number of anilines is 4. The van der Waals surface area contributed by atoms with Crippen molar-refractivity contribution in [3.8, 4) is 0 Å². The first-order valence-electron chi connectivity index (χ1n) is 5.57. The smallest absolute Gasteiger partial charge is 0.233 e. The highest BCUT2D eigenvalue weighted by Gasteiger charge is 2.05. The van der Waals surface area contributed by atoms with E-state index in [-0.39, 0.29) is 24.4 Å². The highest BCUT2D eigenvalue weighted by molar-refractivity contribution is 5.54. The van der Waals surface area contributed by atoms with Gasteiger partial charge in [-0.3, -0.25) is 0 Å². The summed E-state index contributed by atoms with van der Waals surface area (Å²) in [5.41, 5.74) is 6.36. The minimum absolute atomic E-state index is 0.0309. The zero-order chi connectivity index (χ0) is 13.7. The molecule has 0 saturated heterocycles. The monoisotopic (exact) mass is 262 g/mol. The molecule has 19 heavy (non-hydrogen) atoms. The second kappa shape index (κ2) is 5.94. The number of rotatable bonds is 5. The maximum Gasteiger partial charge on any atom is 0.233 e. The molecule has 0 aliphatic rings. The van der Waals surface area contributed by atoms with Crippen LogP contribution in [-0.4, -0.2) is 38.0 Å². The number of aliphatic hydroxyl groups excluding tert-OH is 1. The summed E-state index contributed by atoms with van der Waals surface area (Å²) in [5.74, 6) is 0.469. The normalized spacial score (nSPS) is 10.5. The molecule has 0 spiro atoms. The highest BCUT2D eigenvalue weighted by atomic mass is 16.5. The molecule has 0 unspecified atom stereocenters. The van der Waals surface area contributed by atoms with Crippen LogP contribution < -0.4 is 16.4 Å². The van der Waals surface area contributed by atoms with Crippen LogP contribution in [0.4, 0.5) is 23.5 Å². The van der Waals surface area contributed by atoms with Gasteiger partial charge in [-0.05, 0) is 12.1 Å². The van der Waals surface area contributed by atoms with E-state index in [0.29, 0.717) is 0 Å². The molecule has 0 radical (unpaired) electrons. The van der Waals surface area contributed by atoms with Crippen LogP contribution in [0.25, 0.3) is 0 Å². The Labute approximate surface area is 109 Å². The van der Waals surface area contributed by atoms with Gasteiger partial charge in [-0.2, -0.15) is 15.0 Å². The number of nitrogens with one attached hydrogen (secondary N) is 2. The average molecular weight is 262 g/mol. The van der Waals surface area contributed by atoms with Crippen molar-refractivity contribution in [1.29, 1.82) is 0 Å². The first-order chi connectivity index (χ1) is 9.13. The van der Waals surface area contributed by atoms with Crippen LogP contribution in [0.1, 0.15) is 0 Å². The van der Waals surface area contributed by atoms with Gasteiger partial charge in [-0.1, -0.05) is 18.2 Å². The molecule has 2 rings (SSSR count). The van der Waals surface area contributed by atoms with Crippen LogP contribution in [-0.2, 0) is 0 Å². The summed E-state index contributed by atoms with van der Waals surface area (Å²) in [4.78, 5) is 11.8. The largest absolute Gasteiger partial charge is 0.368 e. The Hall–Kier alpha value is -2.45. The molecule has 2 aromatic rings. The first kappa shape index (κ1) is 13.0. The van der Waals surface area contributed by atoms with E-state index in [1.807, 2.05) is 30.3 Å². The van der Waals surface area contributed by atoms with Gasteiger partial charge in [-0.25, -0.2) is 0 Å². The minimum atomic E-state index is -1.50. The number of aromatic nitrogens is 3. The van der Waals surface area contributed by atoms with Crippen LogP contribution in [0, 0.1) is 0 Å². The van der Waals surface area contributed by atoms with Gasteiger partial charge in [0, 0.05) is 5.69 Å². The van der Waals surface area contributed by atoms with E-state index >= 15 is 0 Å². The lowest BCUT2D eigenvalue weighted by Crippen LogP contribution is -2.20. The fourth-order valence-corrected chi connectivity index (χ4v) is 1.36. The Morgan fingerprint density at radius 1 is 1.05 bits per heavy atom. The SMILES string of the molecule is Nc1nc(NCC(O)O)nc(Nc2ccccc2)n1. The van der Waals surface area contributed by atoms with Gasteiger partial charge in [0.25, 0.3) is 0 Å². The summed E-state index contributed by atoms with van der Waals surface area (Å²) in [7, 11) is 0. The van der Waals surface area contributed by atoms with Crippen molar-refractivity contribution in [1.82, 2.24) is 15.0 Å². The number of nitrogen functional groups attached to an aromatic ring is 1. The van der Waals surface area contributed by atoms with Gasteiger partial charge in [-0.15, -0.1) is 0 Å². The van der Waals surface area contributed by atoms with Crippen LogP contribution in [0.2, 0.25) is 0 Å². The van der Waals surface area contributed by atoms with Gasteiger partial charge in [0.05, 0.1) is 6.54 Å². The Bertz CT molecular complexity index is 534. The molecule has 0 amide bonds. The van der Waals surface area contributed by atoms with Gasteiger partial charge >= 0.3 is 0 Å². The van der Waals surface area contributed by atoms with Crippen LogP contribution >= 0.6 is 0 Å². The van der Waals surface area contributed by atoms with Crippen molar-refractivity contribution >= 4 is 23.5 Å². The molecule has 100 valence electrons. The van der Waals surface area contributed by atoms with Crippen LogP contribution in [0.15, 0.2) is 30.3 Å². The number of hydrogen-bond acceptors (Lipinski definition) is 8. The van der Waals surface area contributed by atoms with Crippen LogP contribution in [0.5, 0.6) is 0 Å². The lowest BCUT2D eigenvalue weighted by Gasteiger charge is -2.09. The zero-order valence-corrected chi connectivity index (χ0v) is 9.98. The Morgan fingerprint density at radius 2 is 1.74 bits per heavy atom. The van der Waals surface area contributed by atoms with E-state index in [2.05, 4.69) is 25.6 Å². The molecule has 1 heterocycles. The molecule has 0 aliphatic carbocycles. The summed E-state index contributed by atoms with van der Waals surface area (Å²) in [5, 5.41) is 23.1. The molecule has 0 bridgehead atoms. The van der Waals surface area contributed by atoms with E-state index < -0.39 is 6.29 Å². The third kappa shape index (κ3) is 4.05. The van der Waals surface area contributed by atoms with E-state index in [1.165, 1.54) is 0 Å². The zero-order valence-electron chi connectivity index (χ0n) is 9.98. The molecule has 0 atom stereocenters. The highest BCUT2D eigenvalue weighted by Crippen LogP contribution is 2.13. The Balaban J connectivity index is 2.12. The molecule has 6 N–H and O–H groups in total. The lowest BCUT2D eigenvalue weighted by molar-refractivity contribution is -0.0276. The molecule has 1 aromatic carbocycles. The summed E-state index contributed by atoms with van der Waals surface area (Å²) in [6.45, 7) is -0.103. The van der Waals surface area contributed by atoms with Gasteiger partial charge in [0.1, 0.15) is 0 Å². The van der Waals surface area contributed by atoms with E-state index in [1.54, 1.807) is 0 Å². The molecular weight excluding hydrogens is 248 g/mol. The third-order valence-corrected chi connectivity index (χ3v) is 2.13. The second-order valence-electron chi connectivity index (χ2n) is 3.69. The predicted molar refractivity (Wildman–Crippen MR) is 70.7 cm³/mol. The number of nitrogens with two attached hydrogens (primary N) is 1. The molecule has 0 saturated carbocycles. The first-order valence-corrected chi connectivity index (χ1v) is 5.57. The topological polar surface area (TPSA) is 129 Å². The lowest BCUT2D eigenvalue weighted by atomic mass is 10.3. The maximum atomic E-state index is 8.76. The Kier molecular flexibility index (Phi) is 4.06. The summed E-state index contributed by atoms with van der Waals surface area (Å²) >= 11 is 0. The molecule has 1 aromatic heterocycles. The quantitative estimate of drug-likeness (QED) is 0.473. The molecule has 8 nitrogen and oxygen atoms in total. The van der Waals surface area contributed by atoms with Crippen molar-refractivity contribution in [2.45, 2.75) is 6.29 Å². The van der Waals surface area contributed by atoms with Gasteiger partial charge in [0.15, 0.2) is 6.29 Å². The van der Waals surface area contributed by atoms with Gasteiger partial charge in [0.2, 0.25) is 17.8 Å². The molecule has 0 fully saturated rings.